The molecule has 23 heavy (non-hydrogen) atoms. The van der Waals surface area contributed by atoms with Crippen molar-refractivity contribution in [2.75, 3.05) is 13.2 Å². The van der Waals surface area contributed by atoms with Crippen molar-refractivity contribution in [1.82, 2.24) is 4.57 Å². The van der Waals surface area contributed by atoms with Gasteiger partial charge >= 0.3 is 0 Å². The van der Waals surface area contributed by atoms with Crippen molar-refractivity contribution < 1.29 is 9.53 Å². The molecule has 0 amide bonds. The first-order valence-electron chi connectivity index (χ1n) is 7.97. The van der Waals surface area contributed by atoms with Crippen LogP contribution in [0.15, 0.2) is 48.5 Å². The van der Waals surface area contributed by atoms with Gasteiger partial charge in [0.25, 0.3) is 0 Å². The number of rotatable bonds is 6. The second-order valence-corrected chi connectivity index (χ2v) is 5.57. The van der Waals surface area contributed by atoms with Gasteiger partial charge in [-0.1, -0.05) is 36.4 Å². The molecule has 0 spiro atoms. The molecule has 0 saturated carbocycles. The van der Waals surface area contributed by atoms with Crippen molar-refractivity contribution >= 4 is 17.2 Å². The number of carbonyl (C=O) groups is 1. The summed E-state index contributed by atoms with van der Waals surface area (Å²) in [6, 6.07) is 16.2. The van der Waals surface area contributed by atoms with Crippen LogP contribution in [0.2, 0.25) is 0 Å². The van der Waals surface area contributed by atoms with E-state index in [-0.39, 0.29) is 0 Å². The molecule has 3 nitrogen and oxygen atoms in total. The minimum atomic E-state index is 0.698. The van der Waals surface area contributed by atoms with Gasteiger partial charge in [-0.3, -0.25) is 4.79 Å². The van der Waals surface area contributed by atoms with Gasteiger partial charge in [-0.15, -0.1) is 0 Å². The third kappa shape index (κ3) is 2.92. The number of hydrogen-bond acceptors (Lipinski definition) is 2. The zero-order valence-electron chi connectivity index (χ0n) is 13.6. The Morgan fingerprint density at radius 1 is 1.13 bits per heavy atom. The molecule has 0 aliphatic rings. The van der Waals surface area contributed by atoms with Crippen molar-refractivity contribution in [1.29, 1.82) is 0 Å². The smallest absolute Gasteiger partial charge is 0.150 e. The van der Waals surface area contributed by atoms with E-state index in [0.717, 1.165) is 25.0 Å². The van der Waals surface area contributed by atoms with Crippen LogP contribution in [-0.2, 0) is 11.3 Å². The van der Waals surface area contributed by atoms with Crippen LogP contribution in [0, 0.1) is 6.92 Å². The Kier molecular flexibility index (Phi) is 4.58. The summed E-state index contributed by atoms with van der Waals surface area (Å²) in [5.74, 6) is 0. The van der Waals surface area contributed by atoms with Gasteiger partial charge in [-0.2, -0.15) is 0 Å². The van der Waals surface area contributed by atoms with Crippen molar-refractivity contribution in [3.63, 3.8) is 0 Å². The maximum Gasteiger partial charge on any atom is 0.150 e. The zero-order valence-corrected chi connectivity index (χ0v) is 13.6. The molecule has 0 radical (unpaired) electrons. The molecule has 0 aliphatic carbocycles. The Labute approximate surface area is 136 Å². The summed E-state index contributed by atoms with van der Waals surface area (Å²) in [4.78, 5) is 11.1. The summed E-state index contributed by atoms with van der Waals surface area (Å²) in [6.07, 6.45) is 0.896. The Hall–Kier alpha value is -2.39. The van der Waals surface area contributed by atoms with E-state index in [0.29, 0.717) is 12.2 Å². The molecule has 0 N–H and O–H groups in total. The number of nitrogens with zero attached hydrogens (tertiary/aromatic N) is 1. The van der Waals surface area contributed by atoms with Gasteiger partial charge in [0.15, 0.2) is 0 Å². The first kappa shape index (κ1) is 15.5. The number of para-hydroxylation sites is 1. The maximum atomic E-state index is 11.1. The molecule has 2 aromatic carbocycles. The lowest BCUT2D eigenvalue weighted by Gasteiger charge is -2.09. The fourth-order valence-corrected chi connectivity index (χ4v) is 3.15. The van der Waals surface area contributed by atoms with Crippen LogP contribution in [0.1, 0.15) is 23.0 Å². The number of hydrogen-bond donors (Lipinski definition) is 0. The quantitative estimate of drug-likeness (QED) is 0.497. The predicted molar refractivity (Wildman–Crippen MR) is 94.0 cm³/mol. The van der Waals surface area contributed by atoms with E-state index >= 15 is 0 Å². The first-order valence-corrected chi connectivity index (χ1v) is 7.97. The summed E-state index contributed by atoms with van der Waals surface area (Å²) in [5.41, 5.74) is 5.39. The van der Waals surface area contributed by atoms with E-state index in [1.807, 2.05) is 25.1 Å². The second-order valence-electron chi connectivity index (χ2n) is 5.57. The number of aldehydes is 1. The largest absolute Gasteiger partial charge is 0.380 e. The number of aromatic nitrogens is 1. The summed E-state index contributed by atoms with van der Waals surface area (Å²) < 4.78 is 7.83. The lowest BCUT2D eigenvalue weighted by molar-refractivity contribution is 0.112. The van der Waals surface area contributed by atoms with E-state index in [1.54, 1.807) is 0 Å². The van der Waals surface area contributed by atoms with Gasteiger partial charge in [0.1, 0.15) is 6.29 Å². The highest BCUT2D eigenvalue weighted by Gasteiger charge is 2.15. The molecule has 0 bridgehead atoms. The highest BCUT2D eigenvalue weighted by Crippen LogP contribution is 2.34. The van der Waals surface area contributed by atoms with Crippen molar-refractivity contribution in [2.45, 2.75) is 20.4 Å². The second kappa shape index (κ2) is 6.80. The van der Waals surface area contributed by atoms with Crippen LogP contribution in [0.4, 0.5) is 0 Å². The molecule has 0 fully saturated rings. The highest BCUT2D eigenvalue weighted by atomic mass is 16.5. The molecular formula is C20H21NO2. The van der Waals surface area contributed by atoms with E-state index in [2.05, 4.69) is 41.8 Å². The summed E-state index contributed by atoms with van der Waals surface area (Å²) in [6.45, 7) is 6.40. The minimum absolute atomic E-state index is 0.698. The molecule has 1 aromatic heterocycles. The van der Waals surface area contributed by atoms with Crippen LogP contribution in [-0.4, -0.2) is 24.1 Å². The maximum absolute atomic E-state index is 11.1. The van der Waals surface area contributed by atoms with E-state index in [1.165, 1.54) is 22.2 Å². The molecule has 0 saturated heterocycles. The van der Waals surface area contributed by atoms with Crippen LogP contribution >= 0.6 is 0 Å². The fraction of sp³-hybridized carbons (Fsp3) is 0.250. The van der Waals surface area contributed by atoms with E-state index in [4.69, 9.17) is 4.74 Å². The topological polar surface area (TPSA) is 31.2 Å². The lowest BCUT2D eigenvalue weighted by Crippen LogP contribution is -2.07. The highest BCUT2D eigenvalue weighted by molar-refractivity contribution is 5.98. The van der Waals surface area contributed by atoms with Gasteiger partial charge in [0.2, 0.25) is 0 Å². The van der Waals surface area contributed by atoms with E-state index < -0.39 is 0 Å². The Bertz CT molecular complexity index is 833. The average Bonchev–Trinajstić information content (AvgIpc) is 2.87. The van der Waals surface area contributed by atoms with Crippen molar-refractivity contribution in [2.24, 2.45) is 0 Å². The van der Waals surface area contributed by atoms with Crippen molar-refractivity contribution in [3.05, 3.63) is 59.8 Å². The Morgan fingerprint density at radius 3 is 2.74 bits per heavy atom. The van der Waals surface area contributed by atoms with Gasteiger partial charge in [-0.05, 0) is 31.5 Å². The molecule has 3 heteroatoms. The van der Waals surface area contributed by atoms with Crippen molar-refractivity contribution in [3.8, 4) is 11.1 Å². The molecule has 0 unspecified atom stereocenters. The summed E-state index contributed by atoms with van der Waals surface area (Å²) in [5, 5.41) is 1.21. The fourth-order valence-electron chi connectivity index (χ4n) is 3.15. The van der Waals surface area contributed by atoms with Crippen LogP contribution < -0.4 is 0 Å². The number of fused-ring (bicyclic) bond motifs is 1. The molecule has 0 aliphatic heterocycles. The number of benzene rings is 2. The third-order valence-corrected chi connectivity index (χ3v) is 4.21. The van der Waals surface area contributed by atoms with Gasteiger partial charge in [-0.25, -0.2) is 0 Å². The standard InChI is InChI=1S/C20H21NO2/c1-3-23-12-11-21-15(2)20(18-9-4-5-10-19(18)21)17-8-6-7-16(13-17)14-22/h4-10,13-14H,3,11-12H2,1-2H3. The normalized spacial score (nSPS) is 11.0. The molecular weight excluding hydrogens is 286 g/mol. The predicted octanol–water partition coefficient (Wildman–Crippen LogP) is 4.47. The monoisotopic (exact) mass is 307 g/mol. The zero-order chi connectivity index (χ0) is 16.2. The SMILES string of the molecule is CCOCCn1c(C)c(-c2cccc(C=O)c2)c2ccccc21. The molecule has 3 aromatic rings. The van der Waals surface area contributed by atoms with Crippen LogP contribution in [0.25, 0.3) is 22.0 Å². The molecule has 0 atom stereocenters. The summed E-state index contributed by atoms with van der Waals surface area (Å²) >= 11 is 0. The number of carbonyl (C=O) groups excluding carboxylic acids is 1. The molecule has 1 heterocycles. The number of ether oxygens (including phenoxy) is 1. The third-order valence-electron chi connectivity index (χ3n) is 4.21. The van der Waals surface area contributed by atoms with Gasteiger partial charge < -0.3 is 9.30 Å². The van der Waals surface area contributed by atoms with Crippen LogP contribution in [0.5, 0.6) is 0 Å². The summed E-state index contributed by atoms with van der Waals surface area (Å²) in [7, 11) is 0. The molecule has 118 valence electrons. The Morgan fingerprint density at radius 2 is 1.96 bits per heavy atom. The Balaban J connectivity index is 2.16. The first-order chi connectivity index (χ1) is 11.3. The van der Waals surface area contributed by atoms with Gasteiger partial charge in [0.05, 0.1) is 6.61 Å². The lowest BCUT2D eigenvalue weighted by atomic mass is 10.0. The minimum Gasteiger partial charge on any atom is -0.380 e. The van der Waals surface area contributed by atoms with Crippen LogP contribution in [0.3, 0.4) is 0 Å². The average molecular weight is 307 g/mol. The molecule has 3 rings (SSSR count). The van der Waals surface area contributed by atoms with E-state index in [9.17, 15) is 4.79 Å². The van der Waals surface area contributed by atoms with Gasteiger partial charge in [0, 0.05) is 40.9 Å².